The fraction of sp³-hybridized carbons (Fsp3) is 0.0833. The van der Waals surface area contributed by atoms with Crippen LogP contribution in [0.4, 0.5) is 0 Å². The second-order valence-electron chi connectivity index (χ2n) is 3.45. The van der Waals surface area contributed by atoms with E-state index in [1.807, 2.05) is 17.6 Å². The second-order valence-corrected chi connectivity index (χ2v) is 4.17. The van der Waals surface area contributed by atoms with Gasteiger partial charge in [-0.3, -0.25) is 0 Å². The van der Waals surface area contributed by atoms with Crippen LogP contribution in [-0.4, -0.2) is 9.55 Å². The Morgan fingerprint density at radius 2 is 2.40 bits per heavy atom. The van der Waals surface area contributed by atoms with Gasteiger partial charge < -0.3 is 4.57 Å². The number of hydrogen-bond donors (Lipinski definition) is 0. The lowest BCUT2D eigenvalue weighted by Crippen LogP contribution is -1.90. The molecule has 73 valence electrons. The van der Waals surface area contributed by atoms with Crippen LogP contribution < -0.4 is 0 Å². The largest absolute Gasteiger partial charge is 0.342 e. The number of benzene rings is 1. The van der Waals surface area contributed by atoms with E-state index in [4.69, 9.17) is 0 Å². The lowest BCUT2D eigenvalue weighted by atomic mass is 10.2. The van der Waals surface area contributed by atoms with Crippen LogP contribution in [0.15, 0.2) is 35.2 Å². The Kier molecular flexibility index (Phi) is 1.86. The van der Waals surface area contributed by atoms with Gasteiger partial charge in [-0.2, -0.15) is 0 Å². The molecule has 3 aromatic rings. The molecule has 0 spiro atoms. The van der Waals surface area contributed by atoms with E-state index in [9.17, 15) is 0 Å². The number of fused-ring (bicyclic) bond motifs is 1. The highest BCUT2D eigenvalue weighted by Crippen LogP contribution is 2.26. The summed E-state index contributed by atoms with van der Waals surface area (Å²) >= 11 is 1.62. The number of hydrogen-bond acceptors (Lipinski definition) is 2. The van der Waals surface area contributed by atoms with E-state index < -0.39 is 0 Å². The van der Waals surface area contributed by atoms with E-state index in [2.05, 4.69) is 40.2 Å². The first-order chi connectivity index (χ1) is 7.36. The Morgan fingerprint density at radius 3 is 3.13 bits per heavy atom. The van der Waals surface area contributed by atoms with Gasteiger partial charge in [0, 0.05) is 23.3 Å². The molecule has 1 radical (unpaired) electrons. The van der Waals surface area contributed by atoms with Crippen LogP contribution in [-0.2, 0) is 7.05 Å². The minimum absolute atomic E-state index is 1.04. The molecule has 0 aliphatic carbocycles. The fourth-order valence-electron chi connectivity index (χ4n) is 1.80. The first-order valence-electron chi connectivity index (χ1n) is 4.70. The summed E-state index contributed by atoms with van der Waals surface area (Å²) in [6.45, 7) is 0. The summed E-state index contributed by atoms with van der Waals surface area (Å²) in [7, 11) is 2.06. The maximum absolute atomic E-state index is 4.33. The summed E-state index contributed by atoms with van der Waals surface area (Å²) in [6, 6.07) is 11.3. The van der Waals surface area contributed by atoms with E-state index in [0.717, 1.165) is 11.4 Å². The van der Waals surface area contributed by atoms with Crippen molar-refractivity contribution < 1.29 is 0 Å². The molecule has 2 nitrogen and oxygen atoms in total. The normalized spacial score (nSPS) is 11.0. The minimum atomic E-state index is 1.04. The molecule has 3 heteroatoms. The third-order valence-electron chi connectivity index (χ3n) is 2.58. The lowest BCUT2D eigenvalue weighted by molar-refractivity contribution is 0.973. The van der Waals surface area contributed by atoms with Gasteiger partial charge in [-0.25, -0.2) is 4.98 Å². The maximum atomic E-state index is 4.33. The summed E-state index contributed by atoms with van der Waals surface area (Å²) < 4.78 is 2.15. The van der Waals surface area contributed by atoms with Gasteiger partial charge in [0.15, 0.2) is 0 Å². The summed E-state index contributed by atoms with van der Waals surface area (Å²) in [5.41, 5.74) is 5.25. The van der Waals surface area contributed by atoms with Crippen molar-refractivity contribution in [3.63, 3.8) is 0 Å². The van der Waals surface area contributed by atoms with Crippen molar-refractivity contribution in [1.82, 2.24) is 9.55 Å². The van der Waals surface area contributed by atoms with Crippen LogP contribution in [0, 0.1) is 6.07 Å². The molecule has 1 aromatic carbocycles. The van der Waals surface area contributed by atoms with Crippen LogP contribution in [0.2, 0.25) is 0 Å². The van der Waals surface area contributed by atoms with Crippen molar-refractivity contribution in [2.24, 2.45) is 7.05 Å². The number of aryl methyl sites for hydroxylation is 1. The fourth-order valence-corrected chi connectivity index (χ4v) is 2.35. The number of rotatable bonds is 1. The summed E-state index contributed by atoms with van der Waals surface area (Å²) in [4.78, 5) is 4.33. The van der Waals surface area contributed by atoms with Gasteiger partial charge in [0.05, 0.1) is 16.9 Å². The molecule has 2 heterocycles. The molecule has 0 amide bonds. The molecular weight excluding hydrogens is 204 g/mol. The third kappa shape index (κ3) is 1.27. The zero-order valence-corrected chi connectivity index (χ0v) is 9.08. The molecule has 0 N–H and O–H groups in total. The quantitative estimate of drug-likeness (QED) is 0.607. The average Bonchev–Trinajstić information content (AvgIpc) is 2.87. The Morgan fingerprint density at radius 1 is 1.47 bits per heavy atom. The molecule has 3 rings (SSSR count). The number of thiazole rings is 1. The van der Waals surface area contributed by atoms with Crippen LogP contribution >= 0.6 is 11.3 Å². The van der Waals surface area contributed by atoms with Crippen molar-refractivity contribution in [3.8, 4) is 11.4 Å². The van der Waals surface area contributed by atoms with Gasteiger partial charge in [0.1, 0.15) is 0 Å². The highest BCUT2D eigenvalue weighted by molar-refractivity contribution is 7.07. The smallest absolute Gasteiger partial charge is 0.0975 e. The van der Waals surface area contributed by atoms with E-state index in [1.54, 1.807) is 11.3 Å². The molecule has 0 aliphatic rings. The van der Waals surface area contributed by atoms with E-state index in [-0.39, 0.29) is 0 Å². The van der Waals surface area contributed by atoms with Crippen molar-refractivity contribution in [3.05, 3.63) is 41.2 Å². The predicted octanol–water partition coefficient (Wildman–Crippen LogP) is 3.10. The minimum Gasteiger partial charge on any atom is -0.342 e. The topological polar surface area (TPSA) is 17.8 Å². The van der Waals surface area contributed by atoms with Crippen LogP contribution in [0.3, 0.4) is 0 Å². The molecule has 0 bridgehead atoms. The van der Waals surface area contributed by atoms with E-state index in [0.29, 0.717) is 0 Å². The Balaban J connectivity index is 2.33. The van der Waals surface area contributed by atoms with Crippen LogP contribution in [0.5, 0.6) is 0 Å². The second kappa shape index (κ2) is 3.21. The van der Waals surface area contributed by atoms with Crippen molar-refractivity contribution >= 4 is 22.2 Å². The Labute approximate surface area is 91.8 Å². The molecule has 0 atom stereocenters. The maximum Gasteiger partial charge on any atom is 0.0975 e. The third-order valence-corrected chi connectivity index (χ3v) is 3.17. The van der Waals surface area contributed by atoms with Gasteiger partial charge in [0.25, 0.3) is 0 Å². The summed E-state index contributed by atoms with van der Waals surface area (Å²) in [6.07, 6.45) is 0. The lowest BCUT2D eigenvalue weighted by Gasteiger charge is -1.99. The summed E-state index contributed by atoms with van der Waals surface area (Å²) in [5, 5.41) is 3.30. The van der Waals surface area contributed by atoms with Crippen molar-refractivity contribution in [2.75, 3.05) is 0 Å². The van der Waals surface area contributed by atoms with E-state index in [1.165, 1.54) is 10.9 Å². The zero-order valence-electron chi connectivity index (χ0n) is 8.27. The monoisotopic (exact) mass is 213 g/mol. The van der Waals surface area contributed by atoms with Gasteiger partial charge in [0.2, 0.25) is 0 Å². The van der Waals surface area contributed by atoms with Crippen molar-refractivity contribution in [1.29, 1.82) is 0 Å². The first kappa shape index (κ1) is 8.68. The number of nitrogens with zero attached hydrogens (tertiary/aromatic N) is 2. The first-order valence-corrected chi connectivity index (χ1v) is 5.64. The van der Waals surface area contributed by atoms with Crippen LogP contribution in [0.1, 0.15) is 0 Å². The standard InChI is InChI=1S/C12H9N2S/c1-14-11-5-3-2-4-9(11)6-12(14)10-7-15-8-13-10/h2,4-8H,1H3. The zero-order chi connectivity index (χ0) is 10.3. The SMILES string of the molecule is Cn1c(-c2cscn2)cc2cc[c]cc21. The molecule has 0 saturated carbocycles. The molecule has 2 aromatic heterocycles. The molecule has 0 saturated heterocycles. The molecule has 15 heavy (non-hydrogen) atoms. The molecule has 0 aliphatic heterocycles. The van der Waals surface area contributed by atoms with Gasteiger partial charge in [-0.1, -0.05) is 12.1 Å². The summed E-state index contributed by atoms with van der Waals surface area (Å²) in [5.74, 6) is 0. The van der Waals surface area contributed by atoms with Crippen LogP contribution in [0.25, 0.3) is 22.3 Å². The average molecular weight is 213 g/mol. The number of aromatic nitrogens is 2. The molecule has 0 unspecified atom stereocenters. The highest BCUT2D eigenvalue weighted by atomic mass is 32.1. The van der Waals surface area contributed by atoms with Gasteiger partial charge in [-0.15, -0.1) is 11.3 Å². The predicted molar refractivity (Wildman–Crippen MR) is 62.9 cm³/mol. The Hall–Kier alpha value is -1.61. The highest BCUT2D eigenvalue weighted by Gasteiger charge is 2.08. The Bertz CT molecular complexity index is 593. The van der Waals surface area contributed by atoms with Gasteiger partial charge in [-0.05, 0) is 18.2 Å². The van der Waals surface area contributed by atoms with Crippen molar-refractivity contribution in [2.45, 2.75) is 0 Å². The van der Waals surface area contributed by atoms with Gasteiger partial charge >= 0.3 is 0 Å². The van der Waals surface area contributed by atoms with E-state index >= 15 is 0 Å². The molecule has 0 fully saturated rings. The molecular formula is C12H9N2S.